The van der Waals surface area contributed by atoms with Gasteiger partial charge in [0.1, 0.15) is 0 Å². The Bertz CT molecular complexity index is 544. The van der Waals surface area contributed by atoms with Gasteiger partial charge in [0.2, 0.25) is 11.7 Å². The summed E-state index contributed by atoms with van der Waals surface area (Å²) in [5, 5.41) is 7.48. The Morgan fingerprint density at radius 1 is 1.26 bits per heavy atom. The van der Waals surface area contributed by atoms with Crippen molar-refractivity contribution in [3.8, 4) is 11.4 Å². The molecule has 0 radical (unpaired) electrons. The maximum atomic E-state index is 5.40. The second-order valence-electron chi connectivity index (χ2n) is 5.22. The Labute approximate surface area is 113 Å². The van der Waals surface area contributed by atoms with Gasteiger partial charge in [-0.1, -0.05) is 29.4 Å². The maximum absolute atomic E-state index is 5.40. The van der Waals surface area contributed by atoms with Crippen molar-refractivity contribution in [2.75, 3.05) is 13.1 Å². The van der Waals surface area contributed by atoms with Gasteiger partial charge in [-0.25, -0.2) is 0 Å². The van der Waals surface area contributed by atoms with E-state index in [4.69, 9.17) is 4.52 Å². The summed E-state index contributed by atoms with van der Waals surface area (Å²) in [5.74, 6) is 2.15. The molecule has 100 valence electrons. The van der Waals surface area contributed by atoms with Crippen molar-refractivity contribution in [2.24, 2.45) is 5.92 Å². The number of nitrogens with zero attached hydrogens (tertiary/aromatic N) is 2. The second kappa shape index (κ2) is 5.53. The Balaban J connectivity index is 1.74. The first-order valence-electron chi connectivity index (χ1n) is 6.92. The molecule has 1 saturated heterocycles. The van der Waals surface area contributed by atoms with Gasteiger partial charge in [0.15, 0.2) is 0 Å². The number of nitrogens with one attached hydrogen (secondary N) is 1. The molecule has 1 aromatic heterocycles. The molecule has 1 fully saturated rings. The molecule has 0 amide bonds. The van der Waals surface area contributed by atoms with Crippen molar-refractivity contribution in [3.63, 3.8) is 0 Å². The van der Waals surface area contributed by atoms with E-state index in [1.54, 1.807) is 0 Å². The minimum Gasteiger partial charge on any atom is -0.339 e. The van der Waals surface area contributed by atoms with Crippen LogP contribution in [0.4, 0.5) is 0 Å². The van der Waals surface area contributed by atoms with E-state index in [9.17, 15) is 0 Å². The quantitative estimate of drug-likeness (QED) is 0.918. The van der Waals surface area contributed by atoms with E-state index in [1.807, 2.05) is 18.2 Å². The predicted molar refractivity (Wildman–Crippen MR) is 73.8 cm³/mol. The minimum absolute atomic E-state index is 0.673. The van der Waals surface area contributed by atoms with Crippen LogP contribution in [0.25, 0.3) is 11.4 Å². The number of benzene rings is 1. The number of piperidine rings is 1. The number of aryl methyl sites for hydroxylation is 1. The van der Waals surface area contributed by atoms with Gasteiger partial charge in [0.25, 0.3) is 0 Å². The first kappa shape index (κ1) is 12.4. The van der Waals surface area contributed by atoms with E-state index < -0.39 is 0 Å². The molecule has 0 saturated carbocycles. The van der Waals surface area contributed by atoms with E-state index in [1.165, 1.54) is 18.4 Å². The summed E-state index contributed by atoms with van der Waals surface area (Å²) in [4.78, 5) is 4.54. The second-order valence-corrected chi connectivity index (χ2v) is 5.22. The third kappa shape index (κ3) is 2.84. The van der Waals surface area contributed by atoms with Crippen LogP contribution in [0.2, 0.25) is 0 Å². The third-order valence-corrected chi connectivity index (χ3v) is 3.78. The average Bonchev–Trinajstić information content (AvgIpc) is 2.89. The van der Waals surface area contributed by atoms with Crippen molar-refractivity contribution in [1.82, 2.24) is 15.5 Å². The molecule has 4 heteroatoms. The molecule has 4 nitrogen and oxygen atoms in total. The van der Waals surface area contributed by atoms with Gasteiger partial charge in [-0.2, -0.15) is 4.98 Å². The lowest BCUT2D eigenvalue weighted by atomic mass is 9.95. The van der Waals surface area contributed by atoms with E-state index in [0.29, 0.717) is 11.7 Å². The van der Waals surface area contributed by atoms with Crippen LogP contribution in [0.3, 0.4) is 0 Å². The summed E-state index contributed by atoms with van der Waals surface area (Å²) in [5.41, 5.74) is 2.24. The molecule has 3 rings (SSSR count). The molecule has 2 aromatic rings. The SMILES string of the molecule is Cc1ccccc1-c1noc(CC2CCNCC2)n1. The Kier molecular flexibility index (Phi) is 3.60. The van der Waals surface area contributed by atoms with Gasteiger partial charge < -0.3 is 9.84 Å². The molecule has 0 atom stereocenters. The van der Waals surface area contributed by atoms with E-state index in [-0.39, 0.29) is 0 Å². The largest absolute Gasteiger partial charge is 0.339 e. The molecule has 1 aliphatic heterocycles. The zero-order chi connectivity index (χ0) is 13.1. The molecular weight excluding hydrogens is 238 g/mol. The first-order chi connectivity index (χ1) is 9.33. The van der Waals surface area contributed by atoms with Gasteiger partial charge in [0, 0.05) is 12.0 Å². The topological polar surface area (TPSA) is 51.0 Å². The van der Waals surface area contributed by atoms with E-state index >= 15 is 0 Å². The Morgan fingerprint density at radius 3 is 2.84 bits per heavy atom. The highest BCUT2D eigenvalue weighted by molar-refractivity contribution is 5.58. The molecule has 2 heterocycles. The van der Waals surface area contributed by atoms with Crippen molar-refractivity contribution in [1.29, 1.82) is 0 Å². The predicted octanol–water partition coefficient (Wildman–Crippen LogP) is 2.59. The van der Waals surface area contributed by atoms with Crippen LogP contribution >= 0.6 is 0 Å². The highest BCUT2D eigenvalue weighted by Crippen LogP contribution is 2.22. The minimum atomic E-state index is 0.673. The molecule has 0 aliphatic carbocycles. The molecule has 0 unspecified atom stereocenters. The van der Waals surface area contributed by atoms with Crippen LogP contribution in [0, 0.1) is 12.8 Å². The maximum Gasteiger partial charge on any atom is 0.227 e. The Hall–Kier alpha value is -1.68. The highest BCUT2D eigenvalue weighted by atomic mass is 16.5. The number of hydrogen-bond acceptors (Lipinski definition) is 4. The lowest BCUT2D eigenvalue weighted by molar-refractivity contribution is 0.313. The van der Waals surface area contributed by atoms with Gasteiger partial charge in [-0.05, 0) is 44.3 Å². The van der Waals surface area contributed by atoms with Crippen LogP contribution in [0.15, 0.2) is 28.8 Å². The molecular formula is C15H19N3O. The molecule has 1 N–H and O–H groups in total. The Morgan fingerprint density at radius 2 is 2.05 bits per heavy atom. The van der Waals surface area contributed by atoms with E-state index in [0.717, 1.165) is 31.0 Å². The van der Waals surface area contributed by atoms with Gasteiger partial charge >= 0.3 is 0 Å². The van der Waals surface area contributed by atoms with Crippen LogP contribution in [0.1, 0.15) is 24.3 Å². The van der Waals surface area contributed by atoms with Crippen molar-refractivity contribution in [2.45, 2.75) is 26.2 Å². The summed E-state index contributed by atoms with van der Waals surface area (Å²) >= 11 is 0. The van der Waals surface area contributed by atoms with Crippen LogP contribution in [0.5, 0.6) is 0 Å². The summed E-state index contributed by atoms with van der Waals surface area (Å²) < 4.78 is 5.40. The number of aromatic nitrogens is 2. The van der Waals surface area contributed by atoms with Crippen LogP contribution in [-0.2, 0) is 6.42 Å². The standard InChI is InChI=1S/C15H19N3O/c1-11-4-2-3-5-13(11)15-17-14(19-18-15)10-12-6-8-16-9-7-12/h2-5,12,16H,6-10H2,1H3. The number of hydrogen-bond donors (Lipinski definition) is 1. The highest BCUT2D eigenvalue weighted by Gasteiger charge is 2.18. The first-order valence-corrected chi connectivity index (χ1v) is 6.92. The van der Waals surface area contributed by atoms with Gasteiger partial charge in [-0.15, -0.1) is 0 Å². The molecule has 0 spiro atoms. The summed E-state index contributed by atoms with van der Waals surface area (Å²) in [6.07, 6.45) is 3.30. The summed E-state index contributed by atoms with van der Waals surface area (Å²) in [6, 6.07) is 8.13. The fourth-order valence-corrected chi connectivity index (χ4v) is 2.60. The fourth-order valence-electron chi connectivity index (χ4n) is 2.60. The normalized spacial score (nSPS) is 16.7. The van der Waals surface area contributed by atoms with Crippen LogP contribution in [-0.4, -0.2) is 23.2 Å². The number of rotatable bonds is 3. The van der Waals surface area contributed by atoms with E-state index in [2.05, 4.69) is 28.4 Å². The summed E-state index contributed by atoms with van der Waals surface area (Å²) in [7, 11) is 0. The summed E-state index contributed by atoms with van der Waals surface area (Å²) in [6.45, 7) is 4.27. The lowest BCUT2D eigenvalue weighted by Gasteiger charge is -2.20. The lowest BCUT2D eigenvalue weighted by Crippen LogP contribution is -2.28. The third-order valence-electron chi connectivity index (χ3n) is 3.78. The average molecular weight is 257 g/mol. The smallest absolute Gasteiger partial charge is 0.227 e. The molecule has 1 aromatic carbocycles. The van der Waals surface area contributed by atoms with Crippen LogP contribution < -0.4 is 5.32 Å². The zero-order valence-corrected chi connectivity index (χ0v) is 11.2. The molecule has 19 heavy (non-hydrogen) atoms. The fraction of sp³-hybridized carbons (Fsp3) is 0.467. The monoisotopic (exact) mass is 257 g/mol. The van der Waals surface area contributed by atoms with Crippen molar-refractivity contribution >= 4 is 0 Å². The van der Waals surface area contributed by atoms with Crippen molar-refractivity contribution in [3.05, 3.63) is 35.7 Å². The van der Waals surface area contributed by atoms with Crippen molar-refractivity contribution < 1.29 is 4.52 Å². The zero-order valence-electron chi connectivity index (χ0n) is 11.2. The van der Waals surface area contributed by atoms with Gasteiger partial charge in [-0.3, -0.25) is 0 Å². The molecule has 1 aliphatic rings. The molecule has 0 bridgehead atoms. The van der Waals surface area contributed by atoms with Gasteiger partial charge in [0.05, 0.1) is 0 Å².